The number of ether oxygens (including phenoxy) is 1. The van der Waals surface area contributed by atoms with E-state index in [4.69, 9.17) is 16.3 Å². The van der Waals surface area contributed by atoms with Gasteiger partial charge in [-0.2, -0.15) is 0 Å². The van der Waals surface area contributed by atoms with Gasteiger partial charge in [-0.1, -0.05) is 23.7 Å². The van der Waals surface area contributed by atoms with Crippen LogP contribution in [0.15, 0.2) is 42.5 Å². The molecule has 0 fully saturated rings. The zero-order chi connectivity index (χ0) is 16.1. The quantitative estimate of drug-likeness (QED) is 0.645. The van der Waals surface area contributed by atoms with Crippen LogP contribution in [0.5, 0.6) is 5.75 Å². The summed E-state index contributed by atoms with van der Waals surface area (Å²) in [6.45, 7) is 1.65. The molecule has 0 aliphatic heterocycles. The summed E-state index contributed by atoms with van der Waals surface area (Å²) in [6, 6.07) is 13.8. The van der Waals surface area contributed by atoms with Crippen molar-refractivity contribution in [3.63, 3.8) is 0 Å². The predicted molar refractivity (Wildman–Crippen MR) is 94.1 cm³/mol. The van der Waals surface area contributed by atoms with Gasteiger partial charge in [0.25, 0.3) is 0 Å². The number of H-pyrrole nitrogens is 1. The van der Waals surface area contributed by atoms with Crippen molar-refractivity contribution in [3.8, 4) is 5.75 Å². The Morgan fingerprint density at radius 2 is 2.09 bits per heavy atom. The first-order valence-corrected chi connectivity index (χ1v) is 8.11. The van der Waals surface area contributed by atoms with Crippen LogP contribution in [0, 0.1) is 0 Å². The zero-order valence-electron chi connectivity index (χ0n) is 13.1. The smallest absolute Gasteiger partial charge is 0.123 e. The Labute approximate surface area is 140 Å². The van der Waals surface area contributed by atoms with Crippen LogP contribution in [-0.4, -0.2) is 23.6 Å². The van der Waals surface area contributed by atoms with Gasteiger partial charge in [-0.3, -0.25) is 0 Å². The van der Waals surface area contributed by atoms with Gasteiger partial charge in [-0.15, -0.1) is 0 Å². The maximum atomic E-state index is 6.04. The van der Waals surface area contributed by atoms with Gasteiger partial charge in [-0.25, -0.2) is 4.98 Å². The van der Waals surface area contributed by atoms with Crippen molar-refractivity contribution in [1.82, 2.24) is 15.3 Å². The predicted octanol–water partition coefficient (Wildman–Crippen LogP) is 3.95. The molecule has 0 atom stereocenters. The minimum absolute atomic E-state index is 0.727. The third-order valence-corrected chi connectivity index (χ3v) is 4.00. The summed E-state index contributed by atoms with van der Waals surface area (Å²) in [4.78, 5) is 7.94. The fourth-order valence-electron chi connectivity index (χ4n) is 2.61. The van der Waals surface area contributed by atoms with E-state index < -0.39 is 0 Å². The number of hydrogen-bond donors (Lipinski definition) is 2. The number of nitrogens with one attached hydrogen (secondary N) is 2. The highest BCUT2D eigenvalue weighted by atomic mass is 35.5. The van der Waals surface area contributed by atoms with Gasteiger partial charge < -0.3 is 15.0 Å². The molecule has 0 aliphatic carbocycles. The number of aromatic nitrogens is 2. The van der Waals surface area contributed by atoms with Crippen molar-refractivity contribution in [3.05, 3.63) is 58.9 Å². The summed E-state index contributed by atoms with van der Waals surface area (Å²) < 4.78 is 5.35. The fraction of sp³-hybridized carbons (Fsp3) is 0.278. The van der Waals surface area contributed by atoms with Crippen LogP contribution in [-0.2, 0) is 13.0 Å². The van der Waals surface area contributed by atoms with Gasteiger partial charge in [0.2, 0.25) is 0 Å². The lowest BCUT2D eigenvalue weighted by molar-refractivity contribution is 0.407. The van der Waals surface area contributed by atoms with Gasteiger partial charge in [0.1, 0.15) is 11.6 Å². The second-order valence-electron chi connectivity index (χ2n) is 5.44. The molecule has 0 bridgehead atoms. The Morgan fingerprint density at radius 1 is 1.22 bits per heavy atom. The number of benzene rings is 2. The Bertz CT molecular complexity index is 752. The number of rotatable bonds is 7. The van der Waals surface area contributed by atoms with Crippen molar-refractivity contribution < 1.29 is 4.74 Å². The van der Waals surface area contributed by atoms with E-state index in [0.717, 1.165) is 59.1 Å². The minimum Gasteiger partial charge on any atom is -0.496 e. The summed E-state index contributed by atoms with van der Waals surface area (Å²) in [6.07, 6.45) is 1.94. The van der Waals surface area contributed by atoms with Crippen molar-refractivity contribution >= 4 is 22.6 Å². The molecule has 0 aliphatic rings. The molecule has 4 nitrogen and oxygen atoms in total. The van der Waals surface area contributed by atoms with E-state index in [1.165, 1.54) is 0 Å². The maximum Gasteiger partial charge on any atom is 0.123 e. The number of aryl methyl sites for hydroxylation is 1. The number of para-hydroxylation sites is 2. The van der Waals surface area contributed by atoms with Crippen molar-refractivity contribution in [2.75, 3.05) is 13.7 Å². The second-order valence-corrected chi connectivity index (χ2v) is 5.87. The third-order valence-electron chi connectivity index (χ3n) is 3.76. The van der Waals surface area contributed by atoms with Gasteiger partial charge in [0.15, 0.2) is 0 Å². The molecule has 2 N–H and O–H groups in total. The van der Waals surface area contributed by atoms with Gasteiger partial charge >= 0.3 is 0 Å². The number of methoxy groups -OCH3 is 1. The van der Waals surface area contributed by atoms with Crippen LogP contribution in [0.4, 0.5) is 0 Å². The standard InChI is InChI=1S/C18H20ClN3O/c1-23-17-9-8-14(19)11-13(17)12-20-10-4-7-18-21-15-5-2-3-6-16(15)22-18/h2-3,5-6,8-9,11,20H,4,7,10,12H2,1H3,(H,21,22). The molecule has 0 saturated heterocycles. The molecule has 2 aromatic carbocycles. The number of hydrogen-bond acceptors (Lipinski definition) is 3. The molecule has 1 heterocycles. The first kappa shape index (κ1) is 15.8. The monoisotopic (exact) mass is 329 g/mol. The average Bonchev–Trinajstić information content (AvgIpc) is 2.97. The Balaban J connectivity index is 1.47. The molecule has 23 heavy (non-hydrogen) atoms. The number of halogens is 1. The summed E-state index contributed by atoms with van der Waals surface area (Å²) in [5, 5.41) is 4.15. The molecule has 0 saturated carbocycles. The normalized spacial score (nSPS) is 11.0. The van der Waals surface area contributed by atoms with Gasteiger partial charge in [0.05, 0.1) is 18.1 Å². The van der Waals surface area contributed by atoms with Crippen molar-refractivity contribution in [2.24, 2.45) is 0 Å². The third kappa shape index (κ3) is 4.03. The SMILES string of the molecule is COc1ccc(Cl)cc1CNCCCc1nc2ccccc2[nH]1. The van der Waals surface area contributed by atoms with E-state index in [1.54, 1.807) is 7.11 Å². The highest BCUT2D eigenvalue weighted by molar-refractivity contribution is 6.30. The fourth-order valence-corrected chi connectivity index (χ4v) is 2.81. The summed E-state index contributed by atoms with van der Waals surface area (Å²) in [7, 11) is 1.67. The van der Waals surface area contributed by atoms with Crippen LogP contribution < -0.4 is 10.1 Å². The molecule has 120 valence electrons. The van der Waals surface area contributed by atoms with Crippen molar-refractivity contribution in [1.29, 1.82) is 0 Å². The maximum absolute atomic E-state index is 6.04. The minimum atomic E-state index is 0.727. The molecule has 5 heteroatoms. The molecular weight excluding hydrogens is 310 g/mol. The highest BCUT2D eigenvalue weighted by Gasteiger charge is 2.04. The van der Waals surface area contributed by atoms with E-state index in [0.29, 0.717) is 0 Å². The highest BCUT2D eigenvalue weighted by Crippen LogP contribution is 2.22. The van der Waals surface area contributed by atoms with E-state index in [9.17, 15) is 0 Å². The average molecular weight is 330 g/mol. The summed E-state index contributed by atoms with van der Waals surface area (Å²) >= 11 is 6.04. The van der Waals surface area contributed by atoms with Crippen LogP contribution in [0.2, 0.25) is 5.02 Å². The molecule has 3 rings (SSSR count). The summed E-state index contributed by atoms with van der Waals surface area (Å²) in [5.41, 5.74) is 3.20. The van der Waals surface area contributed by atoms with E-state index in [2.05, 4.69) is 21.4 Å². The van der Waals surface area contributed by atoms with E-state index in [-0.39, 0.29) is 0 Å². The lowest BCUT2D eigenvalue weighted by Gasteiger charge is -2.10. The van der Waals surface area contributed by atoms with E-state index in [1.807, 2.05) is 36.4 Å². The molecule has 3 aromatic rings. The zero-order valence-corrected chi connectivity index (χ0v) is 13.9. The Kier molecular flexibility index (Phi) is 5.16. The number of nitrogens with zero attached hydrogens (tertiary/aromatic N) is 1. The van der Waals surface area contributed by atoms with Crippen LogP contribution in [0.3, 0.4) is 0 Å². The first-order chi connectivity index (χ1) is 11.3. The molecule has 0 spiro atoms. The lowest BCUT2D eigenvalue weighted by atomic mass is 10.2. The van der Waals surface area contributed by atoms with Crippen molar-refractivity contribution in [2.45, 2.75) is 19.4 Å². The topological polar surface area (TPSA) is 49.9 Å². The molecule has 0 unspecified atom stereocenters. The van der Waals surface area contributed by atoms with Crippen LogP contribution in [0.25, 0.3) is 11.0 Å². The second kappa shape index (κ2) is 7.49. The Morgan fingerprint density at radius 3 is 2.91 bits per heavy atom. The van der Waals surface area contributed by atoms with Crippen LogP contribution >= 0.6 is 11.6 Å². The van der Waals surface area contributed by atoms with Gasteiger partial charge in [-0.05, 0) is 43.3 Å². The molecule has 1 aromatic heterocycles. The number of fused-ring (bicyclic) bond motifs is 1. The largest absolute Gasteiger partial charge is 0.496 e. The molecule has 0 amide bonds. The van der Waals surface area contributed by atoms with E-state index >= 15 is 0 Å². The van der Waals surface area contributed by atoms with Crippen LogP contribution in [0.1, 0.15) is 17.8 Å². The lowest BCUT2D eigenvalue weighted by Crippen LogP contribution is -2.16. The number of aromatic amines is 1. The molecular formula is C18H20ClN3O. The first-order valence-electron chi connectivity index (χ1n) is 7.73. The number of imidazole rings is 1. The molecule has 0 radical (unpaired) electrons. The summed E-state index contributed by atoms with van der Waals surface area (Å²) in [5.74, 6) is 1.90. The Hall–Kier alpha value is -2.04. The van der Waals surface area contributed by atoms with Gasteiger partial charge in [0, 0.05) is 23.6 Å².